The van der Waals surface area contributed by atoms with Gasteiger partial charge in [0, 0.05) is 12.2 Å². The van der Waals surface area contributed by atoms with E-state index in [1.807, 2.05) is 19.1 Å². The predicted molar refractivity (Wildman–Crippen MR) is 132 cm³/mol. The maximum atomic E-state index is 13.8. The summed E-state index contributed by atoms with van der Waals surface area (Å²) < 4.78 is 9.53. The molecule has 0 aliphatic rings. The van der Waals surface area contributed by atoms with Crippen molar-refractivity contribution in [3.05, 3.63) is 64.6 Å². The van der Waals surface area contributed by atoms with Gasteiger partial charge in [-0.1, -0.05) is 32.9 Å². The summed E-state index contributed by atoms with van der Waals surface area (Å²) in [7, 11) is 0. The number of primary amides is 1. The van der Waals surface area contributed by atoms with Crippen molar-refractivity contribution in [3.63, 3.8) is 0 Å². The molecular weight excluding hydrogens is 454 g/mol. The van der Waals surface area contributed by atoms with Crippen LogP contribution in [-0.2, 0) is 11.2 Å². The van der Waals surface area contributed by atoms with Gasteiger partial charge in [-0.15, -0.1) is 0 Å². The Bertz CT molecular complexity index is 1140. The molecule has 0 bridgehead atoms. The van der Waals surface area contributed by atoms with Crippen molar-refractivity contribution in [2.45, 2.75) is 39.7 Å². The van der Waals surface area contributed by atoms with E-state index in [1.54, 1.807) is 24.3 Å². The average Bonchev–Trinajstić information content (AvgIpc) is 3.46. The number of hydrogen-bond donors (Lipinski definition) is 3. The molecule has 34 heavy (non-hydrogen) atoms. The van der Waals surface area contributed by atoms with E-state index in [2.05, 4.69) is 23.5 Å². The molecule has 0 saturated heterocycles. The van der Waals surface area contributed by atoms with Gasteiger partial charge < -0.3 is 21.2 Å². The van der Waals surface area contributed by atoms with Crippen LogP contribution in [0.5, 0.6) is 0 Å². The molecule has 3 aromatic rings. The number of nitrogen functional groups attached to an aromatic ring is 1. The van der Waals surface area contributed by atoms with Crippen molar-refractivity contribution in [2.75, 3.05) is 17.2 Å². The second-order valence-electron chi connectivity index (χ2n) is 8.22. The molecule has 0 aliphatic heterocycles. The summed E-state index contributed by atoms with van der Waals surface area (Å²) in [6.07, 6.45) is 3.04. The van der Waals surface area contributed by atoms with E-state index in [-0.39, 0.29) is 22.0 Å². The smallest absolute Gasteiger partial charge is 0.273 e. The molecule has 2 heterocycles. The Balaban J connectivity index is 2.10. The van der Waals surface area contributed by atoms with Gasteiger partial charge in [0.05, 0.1) is 12.0 Å². The summed E-state index contributed by atoms with van der Waals surface area (Å²) in [6.45, 7) is 6.59. The molecular formula is C24H29N5O4S. The third kappa shape index (κ3) is 5.45. The number of carbonyl (C=O) groups excluding carboxylic acids is 3. The quantitative estimate of drug-likeness (QED) is 0.402. The third-order valence-corrected chi connectivity index (χ3v) is 6.19. The number of aryl methyl sites for hydroxylation is 1. The van der Waals surface area contributed by atoms with Crippen molar-refractivity contribution < 1.29 is 18.8 Å². The fourth-order valence-corrected chi connectivity index (χ4v) is 4.16. The van der Waals surface area contributed by atoms with Crippen LogP contribution in [-0.4, -0.2) is 28.6 Å². The zero-order valence-corrected chi connectivity index (χ0v) is 20.2. The van der Waals surface area contributed by atoms with Gasteiger partial charge in [-0.2, -0.15) is 4.37 Å². The lowest BCUT2D eigenvalue weighted by atomic mass is 10.1. The SMILES string of the molecule is CCc1ccc(N(C(=O)c2snc(C(N)=O)c2N)[C@@H](C(=O)NCCC(C)C)c2ccco2)cc1. The average molecular weight is 484 g/mol. The Hall–Kier alpha value is -3.66. The van der Waals surface area contributed by atoms with E-state index >= 15 is 0 Å². The molecule has 3 rings (SSSR count). The minimum Gasteiger partial charge on any atom is -0.467 e. The summed E-state index contributed by atoms with van der Waals surface area (Å²) in [4.78, 5) is 40.2. The van der Waals surface area contributed by atoms with Gasteiger partial charge in [0.25, 0.3) is 17.7 Å². The number of nitrogens with zero attached hydrogens (tertiary/aromatic N) is 2. The molecule has 0 unspecified atom stereocenters. The summed E-state index contributed by atoms with van der Waals surface area (Å²) in [5.41, 5.74) is 12.6. The number of nitrogens with one attached hydrogen (secondary N) is 1. The minimum absolute atomic E-state index is 0.0138. The second kappa shape index (κ2) is 11.0. The van der Waals surface area contributed by atoms with Gasteiger partial charge >= 0.3 is 0 Å². The number of amides is 3. The Morgan fingerprint density at radius 2 is 1.88 bits per heavy atom. The first kappa shape index (κ1) is 25.0. The van der Waals surface area contributed by atoms with Crippen molar-refractivity contribution >= 4 is 40.6 Å². The highest BCUT2D eigenvalue weighted by atomic mass is 32.1. The standard InChI is InChI=1S/C24H29N5O4S/c1-4-15-7-9-16(10-8-15)29(24(32)21-18(25)19(22(26)30)28-34-21)20(17-6-5-13-33-17)23(31)27-12-11-14(2)3/h5-10,13-14,20H,4,11-12,25H2,1-3H3,(H2,26,30)(H,27,31)/t20-/m1/s1. The highest BCUT2D eigenvalue weighted by molar-refractivity contribution is 7.09. The van der Waals surface area contributed by atoms with Crippen LogP contribution in [0.2, 0.25) is 0 Å². The molecule has 9 nitrogen and oxygen atoms in total. The minimum atomic E-state index is -1.11. The highest BCUT2D eigenvalue weighted by Crippen LogP contribution is 2.33. The summed E-state index contributed by atoms with van der Waals surface area (Å²) in [5.74, 6) is -1.14. The maximum absolute atomic E-state index is 13.8. The van der Waals surface area contributed by atoms with Gasteiger partial charge in [0.15, 0.2) is 11.7 Å². The molecule has 10 heteroatoms. The van der Waals surface area contributed by atoms with Crippen LogP contribution in [0.1, 0.15) is 64.7 Å². The van der Waals surface area contributed by atoms with Crippen LogP contribution < -0.4 is 21.7 Å². The van der Waals surface area contributed by atoms with Gasteiger partial charge in [-0.3, -0.25) is 19.3 Å². The summed E-state index contributed by atoms with van der Waals surface area (Å²) >= 11 is 0.762. The number of carbonyl (C=O) groups is 3. The largest absolute Gasteiger partial charge is 0.467 e. The molecule has 1 atom stereocenters. The van der Waals surface area contributed by atoms with E-state index in [4.69, 9.17) is 15.9 Å². The van der Waals surface area contributed by atoms with E-state index < -0.39 is 23.8 Å². The number of furan rings is 1. The fraction of sp³-hybridized carbons (Fsp3) is 0.333. The van der Waals surface area contributed by atoms with Crippen LogP contribution >= 0.6 is 11.5 Å². The lowest BCUT2D eigenvalue weighted by Crippen LogP contribution is -2.44. The lowest BCUT2D eigenvalue weighted by molar-refractivity contribution is -0.122. The van der Waals surface area contributed by atoms with Crippen LogP contribution in [0.3, 0.4) is 0 Å². The molecule has 0 saturated carbocycles. The lowest BCUT2D eigenvalue weighted by Gasteiger charge is -2.30. The van der Waals surface area contributed by atoms with Crippen molar-refractivity contribution in [3.8, 4) is 0 Å². The number of hydrogen-bond acceptors (Lipinski definition) is 7. The Labute approximate surface area is 202 Å². The molecule has 1 aromatic carbocycles. The summed E-state index contributed by atoms with van der Waals surface area (Å²) in [6, 6.07) is 9.48. The van der Waals surface area contributed by atoms with Gasteiger partial charge in [-0.25, -0.2) is 0 Å². The Morgan fingerprint density at radius 1 is 1.18 bits per heavy atom. The number of aromatic nitrogens is 1. The first-order valence-electron chi connectivity index (χ1n) is 11.0. The molecule has 180 valence electrons. The van der Waals surface area contributed by atoms with Crippen LogP contribution in [0.15, 0.2) is 47.1 Å². The first-order valence-corrected chi connectivity index (χ1v) is 11.8. The normalized spacial score (nSPS) is 11.9. The second-order valence-corrected chi connectivity index (χ2v) is 9.00. The van der Waals surface area contributed by atoms with Crippen LogP contribution in [0.4, 0.5) is 11.4 Å². The fourth-order valence-electron chi connectivity index (χ4n) is 3.42. The highest BCUT2D eigenvalue weighted by Gasteiger charge is 2.37. The molecule has 0 radical (unpaired) electrons. The maximum Gasteiger partial charge on any atom is 0.273 e. The molecule has 3 amide bonds. The third-order valence-electron chi connectivity index (χ3n) is 5.34. The zero-order chi connectivity index (χ0) is 24.8. The van der Waals surface area contributed by atoms with E-state index in [9.17, 15) is 14.4 Å². The zero-order valence-electron chi connectivity index (χ0n) is 19.4. The number of anilines is 2. The van der Waals surface area contributed by atoms with Crippen molar-refractivity contribution in [2.24, 2.45) is 11.7 Å². The molecule has 5 N–H and O–H groups in total. The van der Waals surface area contributed by atoms with Crippen LogP contribution in [0, 0.1) is 5.92 Å². The van der Waals surface area contributed by atoms with E-state index in [1.165, 1.54) is 11.2 Å². The molecule has 0 aliphatic carbocycles. The summed E-state index contributed by atoms with van der Waals surface area (Å²) in [5, 5.41) is 2.91. The monoisotopic (exact) mass is 483 g/mol. The topological polar surface area (TPSA) is 145 Å². The van der Waals surface area contributed by atoms with Gasteiger partial charge in [0.1, 0.15) is 10.6 Å². The number of rotatable bonds is 10. The van der Waals surface area contributed by atoms with Gasteiger partial charge in [-0.05, 0) is 60.1 Å². The first-order chi connectivity index (χ1) is 16.2. The number of benzene rings is 1. The van der Waals surface area contributed by atoms with Gasteiger partial charge in [0.2, 0.25) is 0 Å². The van der Waals surface area contributed by atoms with Crippen molar-refractivity contribution in [1.29, 1.82) is 0 Å². The number of nitrogens with two attached hydrogens (primary N) is 2. The molecule has 0 fully saturated rings. The van der Waals surface area contributed by atoms with Crippen LogP contribution in [0.25, 0.3) is 0 Å². The Kier molecular flexibility index (Phi) is 8.06. The molecule has 0 spiro atoms. The molecule has 2 aromatic heterocycles. The van der Waals surface area contributed by atoms with E-state index in [0.717, 1.165) is 29.9 Å². The predicted octanol–water partition coefficient (Wildman–Crippen LogP) is 3.53. The Morgan fingerprint density at radius 3 is 2.41 bits per heavy atom. The van der Waals surface area contributed by atoms with E-state index in [0.29, 0.717) is 18.2 Å². The van der Waals surface area contributed by atoms with Crippen molar-refractivity contribution in [1.82, 2.24) is 9.69 Å².